The van der Waals surface area contributed by atoms with Crippen LogP contribution in [0.15, 0.2) is 22.5 Å². The maximum Gasteiger partial charge on any atom is 0.259 e. The van der Waals surface area contributed by atoms with E-state index in [4.69, 9.17) is 10.2 Å². The van der Waals surface area contributed by atoms with Crippen LogP contribution in [0.2, 0.25) is 0 Å². The van der Waals surface area contributed by atoms with Gasteiger partial charge in [-0.1, -0.05) is 11.6 Å². The number of thiophene rings is 1. The highest BCUT2D eigenvalue weighted by Crippen LogP contribution is 2.26. The summed E-state index contributed by atoms with van der Waals surface area (Å²) in [5.41, 5.74) is 1.09. The maximum absolute atomic E-state index is 11.9. The quantitative estimate of drug-likeness (QED) is 0.588. The third kappa shape index (κ3) is 2.47. The third-order valence-corrected chi connectivity index (χ3v) is 4.32. The van der Waals surface area contributed by atoms with E-state index < -0.39 is 6.29 Å². The fraction of sp³-hybridized carbons (Fsp3) is 0.385. The van der Waals surface area contributed by atoms with E-state index in [0.717, 1.165) is 24.2 Å². The molecule has 0 aliphatic heterocycles. The average molecular weight is 278 g/mol. The van der Waals surface area contributed by atoms with E-state index in [1.807, 2.05) is 0 Å². The van der Waals surface area contributed by atoms with Gasteiger partial charge in [0.15, 0.2) is 6.29 Å². The van der Waals surface area contributed by atoms with Crippen LogP contribution in [0.5, 0.6) is 0 Å². The Labute approximate surface area is 113 Å². The lowest BCUT2D eigenvalue weighted by molar-refractivity contribution is -0.0394. The van der Waals surface area contributed by atoms with Crippen LogP contribution in [-0.2, 0) is 6.42 Å². The molecule has 100 valence electrons. The number of fused-ring (bicyclic) bond motifs is 1. The van der Waals surface area contributed by atoms with Gasteiger partial charge in [-0.05, 0) is 25.3 Å². The number of hydrogen-bond acceptors (Lipinski definition) is 5. The first-order valence-electron chi connectivity index (χ1n) is 6.20. The lowest BCUT2D eigenvalue weighted by Crippen LogP contribution is -2.11. The van der Waals surface area contributed by atoms with Gasteiger partial charge >= 0.3 is 0 Å². The van der Waals surface area contributed by atoms with Gasteiger partial charge in [-0.15, -0.1) is 11.3 Å². The Morgan fingerprint density at radius 1 is 1.47 bits per heavy atom. The molecule has 0 unspecified atom stereocenters. The second-order valence-electron chi connectivity index (χ2n) is 4.69. The van der Waals surface area contributed by atoms with Gasteiger partial charge in [-0.3, -0.25) is 4.79 Å². The van der Waals surface area contributed by atoms with Crippen molar-refractivity contribution in [2.75, 3.05) is 0 Å². The summed E-state index contributed by atoms with van der Waals surface area (Å²) in [6.45, 7) is 0. The minimum atomic E-state index is -1.56. The molecule has 0 bridgehead atoms. The summed E-state index contributed by atoms with van der Waals surface area (Å²) in [6, 6.07) is 1.48. The number of allylic oxidation sites excluding steroid dienone is 2. The van der Waals surface area contributed by atoms with Crippen LogP contribution in [0.3, 0.4) is 0 Å². The highest BCUT2D eigenvalue weighted by molar-refractivity contribution is 7.18. The summed E-state index contributed by atoms with van der Waals surface area (Å²) in [6.07, 6.45) is 4.64. The molecule has 3 N–H and O–H groups in total. The monoisotopic (exact) mass is 278 g/mol. The molecule has 0 spiro atoms. The Morgan fingerprint density at radius 3 is 3.00 bits per heavy atom. The first-order chi connectivity index (χ1) is 9.13. The van der Waals surface area contributed by atoms with Crippen LogP contribution >= 0.6 is 11.3 Å². The topological polar surface area (TPSA) is 86.2 Å². The predicted molar refractivity (Wildman–Crippen MR) is 73.1 cm³/mol. The van der Waals surface area contributed by atoms with Gasteiger partial charge in [0.1, 0.15) is 10.7 Å². The molecule has 19 heavy (non-hydrogen) atoms. The number of H-pyrrole nitrogens is 1. The molecular weight excluding hydrogens is 264 g/mol. The van der Waals surface area contributed by atoms with Crippen LogP contribution in [-0.4, -0.2) is 20.2 Å². The second kappa shape index (κ2) is 4.88. The van der Waals surface area contributed by atoms with Gasteiger partial charge in [-0.2, -0.15) is 0 Å². The zero-order valence-electron chi connectivity index (χ0n) is 10.2. The zero-order valence-corrected chi connectivity index (χ0v) is 11.0. The minimum absolute atomic E-state index is 0.221. The normalized spacial score (nSPS) is 15.4. The van der Waals surface area contributed by atoms with E-state index in [9.17, 15) is 4.79 Å². The molecule has 0 aromatic carbocycles. The number of rotatable bonds is 3. The summed E-state index contributed by atoms with van der Waals surface area (Å²) < 4.78 is 0. The number of aromatic nitrogens is 2. The van der Waals surface area contributed by atoms with Crippen molar-refractivity contribution in [3.63, 3.8) is 0 Å². The number of aliphatic hydroxyl groups excluding tert-OH is 1. The molecule has 2 heterocycles. The number of aromatic amines is 1. The van der Waals surface area contributed by atoms with Crippen molar-refractivity contribution in [1.82, 2.24) is 9.97 Å². The molecule has 5 nitrogen and oxygen atoms in total. The predicted octanol–water partition coefficient (Wildman–Crippen LogP) is 1.62. The van der Waals surface area contributed by atoms with E-state index >= 15 is 0 Å². The number of nitrogens with zero attached hydrogens (tertiary/aromatic N) is 1. The van der Waals surface area contributed by atoms with Gasteiger partial charge in [-0.25, -0.2) is 4.98 Å². The van der Waals surface area contributed by atoms with E-state index in [-0.39, 0.29) is 5.56 Å². The highest BCUT2D eigenvalue weighted by Gasteiger charge is 2.14. The SMILES string of the molecule is O=c1[nH]c(CC2=CCCC2)nc2sc(C(O)O)cc12. The summed E-state index contributed by atoms with van der Waals surface area (Å²) in [4.78, 5) is 20.0. The summed E-state index contributed by atoms with van der Waals surface area (Å²) >= 11 is 1.14. The molecule has 0 amide bonds. The number of nitrogens with one attached hydrogen (secondary N) is 1. The van der Waals surface area contributed by atoms with E-state index in [0.29, 0.717) is 27.3 Å². The van der Waals surface area contributed by atoms with Crippen molar-refractivity contribution in [3.8, 4) is 0 Å². The highest BCUT2D eigenvalue weighted by atomic mass is 32.1. The fourth-order valence-electron chi connectivity index (χ4n) is 2.32. The van der Waals surface area contributed by atoms with E-state index in [1.165, 1.54) is 18.1 Å². The Hall–Kier alpha value is -1.50. The molecule has 1 aliphatic carbocycles. The largest absolute Gasteiger partial charge is 0.364 e. The molecule has 0 atom stereocenters. The number of aliphatic hydroxyl groups is 2. The van der Waals surface area contributed by atoms with Gasteiger partial charge in [0, 0.05) is 6.42 Å². The van der Waals surface area contributed by atoms with Crippen LogP contribution < -0.4 is 5.56 Å². The third-order valence-electron chi connectivity index (χ3n) is 3.25. The van der Waals surface area contributed by atoms with Crippen LogP contribution in [0, 0.1) is 0 Å². The lowest BCUT2D eigenvalue weighted by atomic mass is 10.1. The molecular formula is C13H14N2O3S. The van der Waals surface area contributed by atoms with Crippen molar-refractivity contribution in [2.24, 2.45) is 0 Å². The lowest BCUT2D eigenvalue weighted by Gasteiger charge is -2.01. The van der Waals surface area contributed by atoms with Crippen molar-refractivity contribution in [1.29, 1.82) is 0 Å². The Kier molecular flexibility index (Phi) is 3.22. The van der Waals surface area contributed by atoms with Gasteiger partial charge in [0.05, 0.1) is 10.3 Å². The van der Waals surface area contributed by atoms with Crippen molar-refractivity contribution in [2.45, 2.75) is 32.0 Å². The molecule has 1 aliphatic rings. The Balaban J connectivity index is 2.00. The Morgan fingerprint density at radius 2 is 2.32 bits per heavy atom. The molecule has 0 fully saturated rings. The van der Waals surface area contributed by atoms with Gasteiger partial charge < -0.3 is 15.2 Å². The molecule has 0 saturated heterocycles. The van der Waals surface area contributed by atoms with Crippen molar-refractivity contribution >= 4 is 21.6 Å². The first kappa shape index (κ1) is 12.5. The minimum Gasteiger partial charge on any atom is -0.364 e. The van der Waals surface area contributed by atoms with E-state index in [2.05, 4.69) is 16.0 Å². The van der Waals surface area contributed by atoms with Crippen LogP contribution in [0.4, 0.5) is 0 Å². The van der Waals surface area contributed by atoms with Crippen LogP contribution in [0.1, 0.15) is 36.3 Å². The zero-order chi connectivity index (χ0) is 13.4. The molecule has 2 aromatic heterocycles. The smallest absolute Gasteiger partial charge is 0.259 e. The van der Waals surface area contributed by atoms with Gasteiger partial charge in [0.25, 0.3) is 5.56 Å². The van der Waals surface area contributed by atoms with E-state index in [1.54, 1.807) is 0 Å². The second-order valence-corrected chi connectivity index (χ2v) is 5.75. The Bertz CT molecular complexity index is 699. The van der Waals surface area contributed by atoms with Crippen LogP contribution in [0.25, 0.3) is 10.2 Å². The molecule has 0 saturated carbocycles. The summed E-state index contributed by atoms with van der Waals surface area (Å²) in [5.74, 6) is 0.645. The summed E-state index contributed by atoms with van der Waals surface area (Å²) in [5, 5.41) is 18.7. The maximum atomic E-state index is 11.9. The standard InChI is InChI=1S/C13H14N2O3S/c16-11-8-6-9(13(17)18)19-12(8)15-10(14-11)5-7-3-1-2-4-7/h3,6,13,17-18H,1-2,4-5H2,(H,14,15,16). The van der Waals surface area contributed by atoms with Crippen molar-refractivity contribution in [3.05, 3.63) is 38.8 Å². The van der Waals surface area contributed by atoms with Gasteiger partial charge in [0.2, 0.25) is 0 Å². The molecule has 2 aromatic rings. The molecule has 0 radical (unpaired) electrons. The molecule has 6 heteroatoms. The number of hydrogen-bond donors (Lipinski definition) is 3. The molecule has 3 rings (SSSR count). The van der Waals surface area contributed by atoms with Crippen molar-refractivity contribution < 1.29 is 10.2 Å². The average Bonchev–Trinajstić information content (AvgIpc) is 2.97. The fourth-order valence-corrected chi connectivity index (χ4v) is 3.24. The summed E-state index contributed by atoms with van der Waals surface area (Å²) in [7, 11) is 0. The first-order valence-corrected chi connectivity index (χ1v) is 7.02.